The Balaban J connectivity index is 1.23. The van der Waals surface area contributed by atoms with Crippen molar-refractivity contribution < 1.29 is 23.9 Å². The zero-order valence-corrected chi connectivity index (χ0v) is 22.0. The maximum absolute atomic E-state index is 14.1. The van der Waals surface area contributed by atoms with Gasteiger partial charge in [0.25, 0.3) is 5.91 Å². The first kappa shape index (κ1) is 24.2. The number of nitrogens with zero attached hydrogens (tertiary/aromatic N) is 1. The monoisotopic (exact) mass is 530 g/mol. The highest BCUT2D eigenvalue weighted by Gasteiger charge is 2.61. The molecule has 1 saturated heterocycles. The van der Waals surface area contributed by atoms with Crippen LogP contribution in [-0.4, -0.2) is 31.9 Å². The molecule has 2 atom stereocenters. The number of methoxy groups -OCH3 is 2. The van der Waals surface area contributed by atoms with Gasteiger partial charge in [0.2, 0.25) is 11.8 Å². The Morgan fingerprint density at radius 3 is 1.80 bits per heavy atom. The molecule has 3 aliphatic carbocycles. The molecule has 0 saturated carbocycles. The summed E-state index contributed by atoms with van der Waals surface area (Å²) in [4.78, 5) is 42.6. The lowest BCUT2D eigenvalue weighted by Crippen LogP contribution is -2.41. The summed E-state index contributed by atoms with van der Waals surface area (Å²) in [5.74, 6) is -1.11. The summed E-state index contributed by atoms with van der Waals surface area (Å²) in [5, 5.41) is 2.86. The van der Waals surface area contributed by atoms with Gasteiger partial charge in [-0.05, 0) is 52.6 Å². The minimum atomic E-state index is -0.483. The molecule has 0 spiro atoms. The van der Waals surface area contributed by atoms with Crippen LogP contribution < -0.4 is 19.7 Å². The molecule has 4 aliphatic rings. The second kappa shape index (κ2) is 9.09. The average molecular weight is 531 g/mol. The molecule has 1 N–H and O–H groups in total. The lowest BCUT2D eigenvalue weighted by Gasteiger charge is -2.45. The van der Waals surface area contributed by atoms with Gasteiger partial charge in [-0.2, -0.15) is 0 Å². The van der Waals surface area contributed by atoms with E-state index in [0.29, 0.717) is 28.4 Å². The Hall–Kier alpha value is -4.91. The molecule has 1 aliphatic heterocycles. The fourth-order valence-electron chi connectivity index (χ4n) is 6.81. The molecule has 1 fully saturated rings. The molecule has 7 heteroatoms. The van der Waals surface area contributed by atoms with Gasteiger partial charge in [-0.15, -0.1) is 0 Å². The van der Waals surface area contributed by atoms with E-state index < -0.39 is 11.8 Å². The lowest BCUT2D eigenvalue weighted by molar-refractivity contribution is -0.122. The van der Waals surface area contributed by atoms with E-state index in [1.54, 1.807) is 49.6 Å². The van der Waals surface area contributed by atoms with Gasteiger partial charge in [-0.1, -0.05) is 54.6 Å². The fraction of sp³-hybridized carbons (Fsp3) is 0.182. The van der Waals surface area contributed by atoms with Crippen molar-refractivity contribution in [2.24, 2.45) is 11.8 Å². The molecule has 4 aromatic rings. The molecule has 0 radical (unpaired) electrons. The smallest absolute Gasteiger partial charge is 0.255 e. The molecular formula is C33H26N2O5. The number of hydrogen-bond acceptors (Lipinski definition) is 5. The van der Waals surface area contributed by atoms with Crippen molar-refractivity contribution in [2.45, 2.75) is 11.8 Å². The average Bonchev–Trinajstić information content (AvgIpc) is 3.27. The first-order valence-corrected chi connectivity index (χ1v) is 13.2. The molecule has 0 aromatic heterocycles. The Kier molecular flexibility index (Phi) is 5.49. The van der Waals surface area contributed by atoms with Crippen molar-refractivity contribution in [1.29, 1.82) is 0 Å². The molecule has 7 nitrogen and oxygen atoms in total. The maximum atomic E-state index is 14.1. The second-order valence-electron chi connectivity index (χ2n) is 10.3. The van der Waals surface area contributed by atoms with Crippen LogP contribution in [0, 0.1) is 11.8 Å². The minimum absolute atomic E-state index is 0.183. The molecule has 0 unspecified atom stereocenters. The van der Waals surface area contributed by atoms with Crippen LogP contribution >= 0.6 is 0 Å². The van der Waals surface area contributed by atoms with Crippen LogP contribution in [0.1, 0.15) is 44.4 Å². The van der Waals surface area contributed by atoms with Gasteiger partial charge >= 0.3 is 0 Å². The van der Waals surface area contributed by atoms with E-state index in [4.69, 9.17) is 9.47 Å². The number of amides is 3. The zero-order valence-electron chi connectivity index (χ0n) is 22.0. The van der Waals surface area contributed by atoms with Crippen LogP contribution in [0.3, 0.4) is 0 Å². The summed E-state index contributed by atoms with van der Waals surface area (Å²) in [5.41, 5.74) is 5.68. The number of anilines is 2. The summed E-state index contributed by atoms with van der Waals surface area (Å²) in [6.07, 6.45) is 0. The summed E-state index contributed by atoms with van der Waals surface area (Å²) < 4.78 is 10.6. The van der Waals surface area contributed by atoms with E-state index in [0.717, 1.165) is 22.3 Å². The zero-order chi connectivity index (χ0) is 27.5. The molecule has 40 heavy (non-hydrogen) atoms. The fourth-order valence-corrected chi connectivity index (χ4v) is 6.81. The van der Waals surface area contributed by atoms with Gasteiger partial charge in [-0.25, -0.2) is 4.90 Å². The predicted molar refractivity (Wildman–Crippen MR) is 150 cm³/mol. The number of hydrogen-bond donors (Lipinski definition) is 1. The third-order valence-electron chi connectivity index (χ3n) is 8.47. The summed E-state index contributed by atoms with van der Waals surface area (Å²) in [7, 11) is 3.07. The molecular weight excluding hydrogens is 504 g/mol. The molecule has 1 heterocycles. The van der Waals surface area contributed by atoms with Crippen LogP contribution in [-0.2, 0) is 9.59 Å². The van der Waals surface area contributed by atoms with E-state index in [9.17, 15) is 14.4 Å². The second-order valence-corrected chi connectivity index (χ2v) is 10.3. The van der Waals surface area contributed by atoms with Gasteiger partial charge in [0.1, 0.15) is 11.5 Å². The Bertz CT molecular complexity index is 1600. The predicted octanol–water partition coefficient (Wildman–Crippen LogP) is 5.35. The Labute approximate surface area is 231 Å². The largest absolute Gasteiger partial charge is 0.497 e. The SMILES string of the molecule is COc1ccc(NC(=O)c2cccc(N3C(=O)[C@@H]4C5c6ccccc6C(c6ccccc65)[C@H]4C3=O)c2)c(OC)c1. The molecule has 2 bridgehead atoms. The summed E-state index contributed by atoms with van der Waals surface area (Å²) in [6, 6.07) is 28.1. The third kappa shape index (κ3) is 3.40. The number of benzene rings is 4. The standard InChI is InChI=1S/C33H26N2O5/c1-39-20-14-15-25(26(17-20)40-2)34-31(36)18-8-7-9-19(16-18)35-32(37)29-27-21-10-3-4-11-22(21)28(30(29)33(35)38)24-13-6-5-12-23(24)27/h3-17,27-30H,1-2H3,(H,34,36)/t27?,28?,29-,30-/m1/s1. The lowest BCUT2D eigenvalue weighted by atomic mass is 9.55. The van der Waals surface area contributed by atoms with Crippen molar-refractivity contribution >= 4 is 29.1 Å². The van der Waals surface area contributed by atoms with Crippen LogP contribution in [0.2, 0.25) is 0 Å². The van der Waals surface area contributed by atoms with Crippen LogP contribution in [0.15, 0.2) is 91.0 Å². The van der Waals surface area contributed by atoms with Gasteiger partial charge in [0, 0.05) is 23.5 Å². The molecule has 8 rings (SSSR count). The van der Waals surface area contributed by atoms with Gasteiger partial charge < -0.3 is 14.8 Å². The van der Waals surface area contributed by atoms with E-state index in [1.807, 2.05) is 24.3 Å². The first-order valence-electron chi connectivity index (χ1n) is 13.2. The normalized spacial score (nSPS) is 21.9. The van der Waals surface area contributed by atoms with E-state index in [2.05, 4.69) is 29.6 Å². The van der Waals surface area contributed by atoms with Gasteiger partial charge in [0.15, 0.2) is 0 Å². The Morgan fingerprint density at radius 2 is 1.27 bits per heavy atom. The maximum Gasteiger partial charge on any atom is 0.255 e. The van der Waals surface area contributed by atoms with Crippen molar-refractivity contribution in [1.82, 2.24) is 0 Å². The quantitative estimate of drug-likeness (QED) is 0.352. The van der Waals surface area contributed by atoms with Crippen molar-refractivity contribution in [3.05, 3.63) is 119 Å². The molecule has 198 valence electrons. The summed E-state index contributed by atoms with van der Waals surface area (Å²) >= 11 is 0. The van der Waals surface area contributed by atoms with E-state index >= 15 is 0 Å². The van der Waals surface area contributed by atoms with Crippen LogP contribution in [0.5, 0.6) is 11.5 Å². The minimum Gasteiger partial charge on any atom is -0.497 e. The topological polar surface area (TPSA) is 84.9 Å². The van der Waals surface area contributed by atoms with E-state index in [1.165, 1.54) is 12.0 Å². The number of ether oxygens (including phenoxy) is 2. The molecule has 4 aromatic carbocycles. The van der Waals surface area contributed by atoms with Gasteiger partial charge in [0.05, 0.1) is 37.4 Å². The number of carbonyl (C=O) groups excluding carboxylic acids is 3. The first-order chi connectivity index (χ1) is 19.5. The number of nitrogens with one attached hydrogen (secondary N) is 1. The van der Waals surface area contributed by atoms with Crippen molar-refractivity contribution in [3.63, 3.8) is 0 Å². The Morgan fingerprint density at radius 1 is 0.700 bits per heavy atom. The van der Waals surface area contributed by atoms with Crippen molar-refractivity contribution in [2.75, 3.05) is 24.4 Å². The highest BCUT2D eigenvalue weighted by atomic mass is 16.5. The highest BCUT2D eigenvalue weighted by molar-refractivity contribution is 6.23. The number of rotatable bonds is 5. The van der Waals surface area contributed by atoms with Crippen LogP contribution in [0.25, 0.3) is 0 Å². The number of carbonyl (C=O) groups is 3. The third-order valence-corrected chi connectivity index (χ3v) is 8.47. The number of imide groups is 1. The highest BCUT2D eigenvalue weighted by Crippen LogP contribution is 2.61. The summed E-state index contributed by atoms with van der Waals surface area (Å²) in [6.45, 7) is 0. The van der Waals surface area contributed by atoms with E-state index in [-0.39, 0.29) is 29.6 Å². The van der Waals surface area contributed by atoms with Gasteiger partial charge in [-0.3, -0.25) is 14.4 Å². The van der Waals surface area contributed by atoms with Crippen molar-refractivity contribution in [3.8, 4) is 11.5 Å². The molecule has 3 amide bonds. The van der Waals surface area contributed by atoms with Crippen LogP contribution in [0.4, 0.5) is 11.4 Å².